The Hall–Kier alpha value is -5.22. The standard InChI is InChI=1S/C52H39NS2/c1-4-10-46-40(7-1)45-28-34(15-22-47(45)52(46)35-24-31-23-32(26-35)27-36(52)25-31)33-13-16-37(17-14-33)53(38-18-20-43-41-8-2-5-11-48(41)54-50(43)29-38)39-19-21-44-42-9-3-6-12-49(42)55-51(44)30-39/h1-22,28-32,35-36H,23-27H2. The highest BCUT2D eigenvalue weighted by molar-refractivity contribution is 7.26. The van der Waals surface area contributed by atoms with Crippen LogP contribution in [0.2, 0.25) is 0 Å². The summed E-state index contributed by atoms with van der Waals surface area (Å²) in [6, 6.07) is 58.0. The third-order valence-electron chi connectivity index (χ3n) is 14.3. The third kappa shape index (κ3) is 4.34. The van der Waals surface area contributed by atoms with E-state index < -0.39 is 0 Å². The molecule has 0 aliphatic heterocycles. The Morgan fingerprint density at radius 3 is 1.55 bits per heavy atom. The average Bonchev–Trinajstić information content (AvgIpc) is 3.88. The number of thiophene rings is 2. The lowest BCUT2D eigenvalue weighted by atomic mass is 9.43. The van der Waals surface area contributed by atoms with Crippen molar-refractivity contribution in [2.45, 2.75) is 37.5 Å². The summed E-state index contributed by atoms with van der Waals surface area (Å²) in [6.07, 6.45) is 7.18. The Morgan fingerprint density at radius 1 is 0.400 bits per heavy atom. The summed E-state index contributed by atoms with van der Waals surface area (Å²) in [6.45, 7) is 0. The molecule has 7 aromatic carbocycles. The molecule has 1 nitrogen and oxygen atoms in total. The second-order valence-corrected chi connectivity index (χ2v) is 19.1. The first kappa shape index (κ1) is 31.0. The van der Waals surface area contributed by atoms with E-state index >= 15 is 0 Å². The fourth-order valence-corrected chi connectivity index (χ4v) is 14.6. The Labute approximate surface area is 329 Å². The highest BCUT2D eigenvalue weighted by Gasteiger charge is 2.61. The molecule has 264 valence electrons. The first-order chi connectivity index (χ1) is 27.2. The minimum absolute atomic E-state index is 0.216. The summed E-state index contributed by atoms with van der Waals surface area (Å²) in [5.74, 6) is 3.50. The van der Waals surface area contributed by atoms with Gasteiger partial charge in [0.05, 0.1) is 0 Å². The molecule has 4 fully saturated rings. The number of hydrogen-bond donors (Lipinski definition) is 0. The number of anilines is 3. The summed E-state index contributed by atoms with van der Waals surface area (Å²) in [5, 5.41) is 5.33. The zero-order valence-corrected chi connectivity index (χ0v) is 32.2. The van der Waals surface area contributed by atoms with Gasteiger partial charge >= 0.3 is 0 Å². The van der Waals surface area contributed by atoms with Crippen molar-refractivity contribution in [2.75, 3.05) is 4.90 Å². The van der Waals surface area contributed by atoms with Gasteiger partial charge in [-0.2, -0.15) is 0 Å². The molecule has 3 heteroatoms. The van der Waals surface area contributed by atoms with Crippen molar-refractivity contribution in [3.8, 4) is 22.3 Å². The van der Waals surface area contributed by atoms with Crippen LogP contribution in [0.15, 0.2) is 152 Å². The van der Waals surface area contributed by atoms with Crippen LogP contribution in [0.4, 0.5) is 17.1 Å². The van der Waals surface area contributed by atoms with Gasteiger partial charge in [-0.1, -0.05) is 97.1 Å². The molecule has 0 atom stereocenters. The van der Waals surface area contributed by atoms with Gasteiger partial charge in [0.25, 0.3) is 0 Å². The van der Waals surface area contributed by atoms with E-state index in [1.165, 1.54) is 112 Å². The molecule has 9 aromatic rings. The Balaban J connectivity index is 0.925. The Bertz CT molecular complexity index is 2880. The van der Waals surface area contributed by atoms with Crippen molar-refractivity contribution in [3.05, 3.63) is 163 Å². The largest absolute Gasteiger partial charge is 0.310 e. The smallest absolute Gasteiger partial charge is 0.0476 e. The van der Waals surface area contributed by atoms with Gasteiger partial charge < -0.3 is 4.90 Å². The first-order valence-electron chi connectivity index (χ1n) is 20.2. The first-order valence-corrected chi connectivity index (χ1v) is 21.8. The normalized spacial score (nSPS) is 23.3. The zero-order chi connectivity index (χ0) is 35.8. The number of hydrogen-bond acceptors (Lipinski definition) is 3. The summed E-state index contributed by atoms with van der Waals surface area (Å²) < 4.78 is 5.31. The highest BCUT2D eigenvalue weighted by atomic mass is 32.1. The quantitative estimate of drug-likeness (QED) is 0.174. The van der Waals surface area contributed by atoms with E-state index in [0.29, 0.717) is 0 Å². The van der Waals surface area contributed by atoms with Gasteiger partial charge in [0.1, 0.15) is 0 Å². The van der Waals surface area contributed by atoms with Gasteiger partial charge in [-0.25, -0.2) is 0 Å². The maximum atomic E-state index is 2.55. The number of benzene rings is 7. The lowest BCUT2D eigenvalue weighted by molar-refractivity contribution is -0.0399. The van der Waals surface area contributed by atoms with Crippen molar-refractivity contribution in [2.24, 2.45) is 23.7 Å². The van der Waals surface area contributed by atoms with E-state index in [2.05, 4.69) is 157 Å². The lowest BCUT2D eigenvalue weighted by Gasteiger charge is -2.61. The second-order valence-electron chi connectivity index (χ2n) is 16.9. The zero-order valence-electron chi connectivity index (χ0n) is 30.5. The summed E-state index contributed by atoms with van der Waals surface area (Å²) in [4.78, 5) is 2.45. The molecule has 4 bridgehead atoms. The van der Waals surface area contributed by atoms with Crippen LogP contribution in [0, 0.1) is 23.7 Å². The topological polar surface area (TPSA) is 3.24 Å². The van der Waals surface area contributed by atoms with Crippen LogP contribution < -0.4 is 4.90 Å². The summed E-state index contributed by atoms with van der Waals surface area (Å²) in [5.41, 5.74) is 12.6. The lowest BCUT2D eigenvalue weighted by Crippen LogP contribution is -2.55. The molecule has 2 aromatic heterocycles. The monoisotopic (exact) mass is 741 g/mol. The van der Waals surface area contributed by atoms with Crippen molar-refractivity contribution in [1.29, 1.82) is 0 Å². The molecule has 0 radical (unpaired) electrons. The van der Waals surface area contributed by atoms with Crippen molar-refractivity contribution < 1.29 is 0 Å². The molecule has 4 saturated carbocycles. The summed E-state index contributed by atoms with van der Waals surface area (Å²) >= 11 is 3.77. The molecule has 0 N–H and O–H groups in total. The second kappa shape index (κ2) is 11.4. The molecular formula is C52H39NS2. The summed E-state index contributed by atoms with van der Waals surface area (Å²) in [7, 11) is 0. The van der Waals surface area contributed by atoms with E-state index in [9.17, 15) is 0 Å². The SMILES string of the molecule is c1ccc2c(c1)-c1cc(-c3ccc(N(c4ccc5c(c4)sc4ccccc45)c4ccc5c(c4)sc4ccccc45)cc3)ccc1C21C2CC3CC(C2)CC1C3. The van der Waals surface area contributed by atoms with Crippen LogP contribution in [0.3, 0.4) is 0 Å². The molecule has 2 heterocycles. The van der Waals surface area contributed by atoms with Gasteiger partial charge in [-0.05, 0) is 144 Å². The number of fused-ring (bicyclic) bond motifs is 9. The minimum Gasteiger partial charge on any atom is -0.310 e. The van der Waals surface area contributed by atoms with Crippen molar-refractivity contribution in [1.82, 2.24) is 0 Å². The van der Waals surface area contributed by atoms with Crippen LogP contribution in [0.25, 0.3) is 62.6 Å². The molecule has 5 aliphatic carbocycles. The molecule has 55 heavy (non-hydrogen) atoms. The van der Waals surface area contributed by atoms with E-state index in [4.69, 9.17) is 0 Å². The fraction of sp³-hybridized carbons (Fsp3) is 0.192. The molecule has 0 saturated heterocycles. The van der Waals surface area contributed by atoms with Crippen molar-refractivity contribution >= 4 is 80.1 Å². The maximum Gasteiger partial charge on any atom is 0.0476 e. The van der Waals surface area contributed by atoms with Gasteiger partial charge in [-0.15, -0.1) is 22.7 Å². The Kier molecular flexibility index (Phi) is 6.44. The van der Waals surface area contributed by atoms with Crippen molar-refractivity contribution in [3.63, 3.8) is 0 Å². The van der Waals surface area contributed by atoms with Crippen LogP contribution in [-0.2, 0) is 5.41 Å². The van der Waals surface area contributed by atoms with E-state index in [1.54, 1.807) is 11.1 Å². The molecule has 0 unspecified atom stereocenters. The Morgan fingerprint density at radius 2 is 0.909 bits per heavy atom. The van der Waals surface area contributed by atoms with Crippen LogP contribution >= 0.6 is 22.7 Å². The number of nitrogens with zero attached hydrogens (tertiary/aromatic N) is 1. The minimum atomic E-state index is 0.216. The molecular weight excluding hydrogens is 703 g/mol. The molecule has 5 aliphatic rings. The van der Waals surface area contributed by atoms with E-state index in [1.807, 2.05) is 22.7 Å². The average molecular weight is 742 g/mol. The van der Waals surface area contributed by atoms with Crippen LogP contribution in [-0.4, -0.2) is 0 Å². The van der Waals surface area contributed by atoms with E-state index in [-0.39, 0.29) is 5.41 Å². The number of rotatable bonds is 4. The van der Waals surface area contributed by atoms with Crippen LogP contribution in [0.1, 0.15) is 43.2 Å². The van der Waals surface area contributed by atoms with Gasteiger partial charge in [-0.3, -0.25) is 0 Å². The molecule has 0 amide bonds. The van der Waals surface area contributed by atoms with E-state index in [0.717, 1.165) is 23.7 Å². The van der Waals surface area contributed by atoms with Crippen LogP contribution in [0.5, 0.6) is 0 Å². The maximum absolute atomic E-state index is 2.55. The van der Waals surface area contributed by atoms with Gasteiger partial charge in [0.15, 0.2) is 0 Å². The van der Waals surface area contributed by atoms with Gasteiger partial charge in [0.2, 0.25) is 0 Å². The van der Waals surface area contributed by atoms with Gasteiger partial charge in [0, 0.05) is 62.8 Å². The highest BCUT2D eigenvalue weighted by Crippen LogP contribution is 2.69. The molecule has 14 rings (SSSR count). The fourth-order valence-electron chi connectivity index (χ4n) is 12.3. The third-order valence-corrected chi connectivity index (χ3v) is 16.5. The molecule has 1 spiro atoms. The predicted octanol–water partition coefficient (Wildman–Crippen LogP) is 15.3. The predicted molar refractivity (Wildman–Crippen MR) is 236 cm³/mol.